The third kappa shape index (κ3) is 4.78. The summed E-state index contributed by atoms with van der Waals surface area (Å²) >= 11 is 7.41. The molecule has 18 heavy (non-hydrogen) atoms. The van der Waals surface area contributed by atoms with Crippen molar-refractivity contribution in [1.82, 2.24) is 5.32 Å². The van der Waals surface area contributed by atoms with Crippen molar-refractivity contribution in [1.29, 1.82) is 0 Å². The molecule has 3 nitrogen and oxygen atoms in total. The van der Waals surface area contributed by atoms with Crippen molar-refractivity contribution in [2.24, 2.45) is 0 Å². The van der Waals surface area contributed by atoms with Crippen LogP contribution in [0.15, 0.2) is 24.3 Å². The lowest BCUT2D eigenvalue weighted by Crippen LogP contribution is -2.39. The van der Waals surface area contributed by atoms with Crippen molar-refractivity contribution in [3.63, 3.8) is 0 Å². The predicted molar refractivity (Wildman–Crippen MR) is 78.3 cm³/mol. The maximum Gasteiger partial charge on any atom is 0.0914 e. The van der Waals surface area contributed by atoms with Gasteiger partial charge < -0.3 is 15.5 Å². The molecule has 0 aliphatic carbocycles. The molecule has 0 aromatic heterocycles. The second kappa shape index (κ2) is 8.02. The second-order valence-electron chi connectivity index (χ2n) is 4.22. The monoisotopic (exact) mass is 289 g/mol. The molecule has 0 saturated carbocycles. The Morgan fingerprint density at radius 2 is 1.94 bits per heavy atom. The first-order valence-corrected chi connectivity index (χ1v) is 7.55. The Morgan fingerprint density at radius 1 is 1.33 bits per heavy atom. The smallest absolute Gasteiger partial charge is 0.0914 e. The Kier molecular flexibility index (Phi) is 7.04. The summed E-state index contributed by atoms with van der Waals surface area (Å²) < 4.78 is 0. The second-order valence-corrected chi connectivity index (χ2v) is 5.73. The average Bonchev–Trinajstić information content (AvgIpc) is 2.38. The van der Waals surface area contributed by atoms with Crippen LogP contribution in [0.5, 0.6) is 0 Å². The largest absolute Gasteiger partial charge is 0.395 e. The van der Waals surface area contributed by atoms with E-state index in [0.29, 0.717) is 11.6 Å². The molecule has 0 fully saturated rings. The average molecular weight is 290 g/mol. The number of hydrogen-bond acceptors (Lipinski definition) is 4. The molecule has 1 rings (SSSR count). The number of aliphatic hydroxyl groups is 2. The normalized spacial score (nSPS) is 16.3. The summed E-state index contributed by atoms with van der Waals surface area (Å²) in [6, 6.07) is 7.31. The topological polar surface area (TPSA) is 52.5 Å². The van der Waals surface area contributed by atoms with Gasteiger partial charge in [-0.05, 0) is 30.9 Å². The van der Waals surface area contributed by atoms with Crippen LogP contribution >= 0.6 is 23.4 Å². The minimum absolute atomic E-state index is 0.131. The zero-order valence-electron chi connectivity index (χ0n) is 10.6. The molecule has 0 radical (unpaired) electrons. The van der Waals surface area contributed by atoms with Gasteiger partial charge in [-0.15, -0.1) is 0 Å². The third-order valence-corrected chi connectivity index (χ3v) is 4.34. The molecule has 0 amide bonds. The molecule has 0 heterocycles. The van der Waals surface area contributed by atoms with Gasteiger partial charge in [-0.1, -0.05) is 23.7 Å². The minimum atomic E-state index is -0.564. The Morgan fingerprint density at radius 3 is 2.44 bits per heavy atom. The quantitative estimate of drug-likeness (QED) is 0.719. The summed E-state index contributed by atoms with van der Waals surface area (Å²) in [5.74, 6) is 0. The van der Waals surface area contributed by atoms with Crippen LogP contribution in [0.3, 0.4) is 0 Å². The molecule has 102 valence electrons. The van der Waals surface area contributed by atoms with E-state index < -0.39 is 6.10 Å². The molecule has 0 spiro atoms. The van der Waals surface area contributed by atoms with Crippen LogP contribution in [0.2, 0.25) is 5.02 Å². The number of benzene rings is 1. The zero-order chi connectivity index (χ0) is 13.5. The van der Waals surface area contributed by atoms with Crippen molar-refractivity contribution in [2.75, 3.05) is 19.4 Å². The summed E-state index contributed by atoms with van der Waals surface area (Å²) in [5.41, 5.74) is 0.837. The number of hydrogen-bond donors (Lipinski definition) is 3. The highest BCUT2D eigenvalue weighted by Gasteiger charge is 2.16. The van der Waals surface area contributed by atoms with E-state index in [1.807, 2.05) is 25.3 Å². The molecule has 0 aliphatic rings. The molecular weight excluding hydrogens is 270 g/mol. The van der Waals surface area contributed by atoms with E-state index in [-0.39, 0.29) is 17.9 Å². The lowest BCUT2D eigenvalue weighted by Gasteiger charge is -2.23. The Labute approximate surface area is 118 Å². The van der Waals surface area contributed by atoms with E-state index in [0.717, 1.165) is 5.56 Å². The van der Waals surface area contributed by atoms with Crippen molar-refractivity contribution >= 4 is 23.4 Å². The van der Waals surface area contributed by atoms with Gasteiger partial charge in [0.15, 0.2) is 0 Å². The number of nitrogens with one attached hydrogen (secondary N) is 1. The number of halogens is 1. The summed E-state index contributed by atoms with van der Waals surface area (Å²) in [6.45, 7) is 2.60. The van der Waals surface area contributed by atoms with E-state index in [9.17, 15) is 10.2 Å². The van der Waals surface area contributed by atoms with Crippen LogP contribution < -0.4 is 5.32 Å². The molecule has 0 aliphatic heterocycles. The summed E-state index contributed by atoms with van der Waals surface area (Å²) in [4.78, 5) is 0. The van der Waals surface area contributed by atoms with Gasteiger partial charge in [0.25, 0.3) is 0 Å². The van der Waals surface area contributed by atoms with Gasteiger partial charge in [0.2, 0.25) is 0 Å². The van der Waals surface area contributed by atoms with Gasteiger partial charge in [0, 0.05) is 22.9 Å². The predicted octanol–water partition coefficient (Wildman–Crippen LogP) is 2.08. The van der Waals surface area contributed by atoms with E-state index in [1.54, 1.807) is 23.9 Å². The minimum Gasteiger partial charge on any atom is -0.395 e. The van der Waals surface area contributed by atoms with Gasteiger partial charge in [-0.2, -0.15) is 11.8 Å². The van der Waals surface area contributed by atoms with Gasteiger partial charge in [0.05, 0.1) is 12.7 Å². The number of thioether (sulfide) groups is 1. The fourth-order valence-electron chi connectivity index (χ4n) is 1.67. The highest BCUT2D eigenvalue weighted by molar-refractivity contribution is 7.99. The molecule has 3 unspecified atom stereocenters. The first kappa shape index (κ1) is 15.8. The summed E-state index contributed by atoms with van der Waals surface area (Å²) in [7, 11) is 0. The van der Waals surface area contributed by atoms with E-state index in [4.69, 9.17) is 11.6 Å². The van der Waals surface area contributed by atoms with E-state index in [2.05, 4.69) is 5.32 Å². The molecule has 0 bridgehead atoms. The zero-order valence-corrected chi connectivity index (χ0v) is 12.2. The highest BCUT2D eigenvalue weighted by atomic mass is 35.5. The fraction of sp³-hybridized carbons (Fsp3) is 0.538. The van der Waals surface area contributed by atoms with Gasteiger partial charge in [0.1, 0.15) is 0 Å². The molecular formula is C13H20ClNO2S. The summed E-state index contributed by atoms with van der Waals surface area (Å²) in [6.07, 6.45) is 1.40. The van der Waals surface area contributed by atoms with Crippen LogP contribution in [0, 0.1) is 0 Å². The lowest BCUT2D eigenvalue weighted by atomic mass is 10.1. The standard InChI is InChI=1S/C13H20ClNO2S/c1-9(13(8-16)18-2)15-7-12(17)10-3-5-11(14)6-4-10/h3-6,9,12-13,15-17H,7-8H2,1-2H3. The van der Waals surface area contributed by atoms with Crippen molar-refractivity contribution < 1.29 is 10.2 Å². The maximum atomic E-state index is 10.0. The number of rotatable bonds is 7. The summed E-state index contributed by atoms with van der Waals surface area (Å²) in [5, 5.41) is 23.2. The van der Waals surface area contributed by atoms with Crippen molar-refractivity contribution in [3.8, 4) is 0 Å². The van der Waals surface area contributed by atoms with Gasteiger partial charge in [-0.3, -0.25) is 0 Å². The lowest BCUT2D eigenvalue weighted by molar-refractivity contribution is 0.167. The highest BCUT2D eigenvalue weighted by Crippen LogP contribution is 2.17. The molecule has 0 saturated heterocycles. The van der Waals surface area contributed by atoms with Gasteiger partial charge in [-0.25, -0.2) is 0 Å². The molecule has 1 aromatic carbocycles. The van der Waals surface area contributed by atoms with E-state index >= 15 is 0 Å². The first-order chi connectivity index (χ1) is 8.58. The number of aliphatic hydroxyl groups excluding tert-OH is 2. The third-order valence-electron chi connectivity index (χ3n) is 2.93. The van der Waals surface area contributed by atoms with Crippen LogP contribution in [0.25, 0.3) is 0 Å². The van der Waals surface area contributed by atoms with Gasteiger partial charge >= 0.3 is 0 Å². The Bertz CT molecular complexity index is 343. The Hall–Kier alpha value is -0.260. The molecule has 3 atom stereocenters. The Balaban J connectivity index is 2.45. The molecule has 1 aromatic rings. The first-order valence-electron chi connectivity index (χ1n) is 5.89. The fourth-order valence-corrected chi connectivity index (χ4v) is 2.45. The van der Waals surface area contributed by atoms with Crippen LogP contribution in [-0.2, 0) is 0 Å². The molecule has 5 heteroatoms. The van der Waals surface area contributed by atoms with Crippen LogP contribution in [0.4, 0.5) is 0 Å². The van der Waals surface area contributed by atoms with Crippen LogP contribution in [0.1, 0.15) is 18.6 Å². The van der Waals surface area contributed by atoms with Crippen LogP contribution in [-0.4, -0.2) is 40.9 Å². The SMILES string of the molecule is CSC(CO)C(C)NCC(O)c1ccc(Cl)cc1. The van der Waals surface area contributed by atoms with Crippen molar-refractivity contribution in [2.45, 2.75) is 24.3 Å². The maximum absolute atomic E-state index is 10.0. The molecule has 3 N–H and O–H groups in total. The van der Waals surface area contributed by atoms with Crippen molar-refractivity contribution in [3.05, 3.63) is 34.9 Å². The van der Waals surface area contributed by atoms with E-state index in [1.165, 1.54) is 0 Å².